The highest BCUT2D eigenvalue weighted by Gasteiger charge is 2.20. The lowest BCUT2D eigenvalue weighted by atomic mass is 10.4. The fourth-order valence-corrected chi connectivity index (χ4v) is 1.85. The maximum atomic E-state index is 10.1. The molecular weight excluding hydrogens is 392 g/mol. The van der Waals surface area contributed by atoms with Gasteiger partial charge in [-0.05, 0) is 11.1 Å². The lowest BCUT2D eigenvalue weighted by Crippen LogP contribution is -2.08. The van der Waals surface area contributed by atoms with Crippen molar-refractivity contribution < 1.29 is 9.53 Å². The second-order valence-electron chi connectivity index (χ2n) is 7.48. The fraction of sp³-hybridized carbons (Fsp3) is 0.696. The Balaban J connectivity index is -0.000000147. The van der Waals surface area contributed by atoms with Crippen molar-refractivity contribution in [1.82, 2.24) is 17.2 Å². The van der Waals surface area contributed by atoms with Gasteiger partial charge in [-0.25, -0.2) is 0 Å². The number of carbonyl (C=O) groups is 1. The number of nitrogens with two attached hydrogens (primary N) is 1. The maximum absolute atomic E-state index is 10.1. The Morgan fingerprint density at radius 1 is 1.00 bits per heavy atom. The largest absolute Gasteiger partial charge is 0.469 e. The van der Waals surface area contributed by atoms with Crippen LogP contribution in [0.5, 0.6) is 0 Å². The zero-order chi connectivity index (χ0) is 21.4. The SMILES string of the molecule is C.C1CC1.C1CCCC1.C=C1CC1=N.CN(C)/C=C1\CC1=N.COC(=O)CCN.N.N. The lowest BCUT2D eigenvalue weighted by molar-refractivity contribution is -0.140. The Morgan fingerprint density at radius 3 is 1.42 bits per heavy atom. The summed E-state index contributed by atoms with van der Waals surface area (Å²) in [5.41, 5.74) is 8.70. The van der Waals surface area contributed by atoms with Gasteiger partial charge in [-0.2, -0.15) is 0 Å². The molecule has 0 bridgehead atoms. The molecule has 4 rings (SSSR count). The molecule has 0 heterocycles. The first-order valence-electron chi connectivity index (χ1n) is 10.3. The molecule has 4 aliphatic rings. The van der Waals surface area contributed by atoms with Crippen molar-refractivity contribution in [3.63, 3.8) is 0 Å². The Kier molecular flexibility index (Phi) is 26.6. The van der Waals surface area contributed by atoms with E-state index in [0.717, 1.165) is 29.8 Å². The molecular formula is C23H50N6O2. The van der Waals surface area contributed by atoms with Crippen LogP contribution in [0.1, 0.15) is 78.1 Å². The zero-order valence-electron chi connectivity index (χ0n) is 19.5. The summed E-state index contributed by atoms with van der Waals surface area (Å²) in [5.74, 6) is -0.248. The van der Waals surface area contributed by atoms with Gasteiger partial charge < -0.3 is 38.5 Å². The van der Waals surface area contributed by atoms with Gasteiger partial charge in [0.1, 0.15) is 0 Å². The third-order valence-electron chi connectivity index (χ3n) is 3.92. The average Bonchev–Trinajstić information content (AvgIpc) is 3.62. The van der Waals surface area contributed by atoms with E-state index in [4.69, 9.17) is 16.6 Å². The van der Waals surface area contributed by atoms with Crippen molar-refractivity contribution in [3.05, 3.63) is 23.9 Å². The molecule has 184 valence electrons. The number of hydrogen-bond donors (Lipinski definition) is 5. The van der Waals surface area contributed by atoms with E-state index >= 15 is 0 Å². The molecule has 4 fully saturated rings. The summed E-state index contributed by atoms with van der Waals surface area (Å²) in [6.07, 6.45) is 16.1. The number of carbonyl (C=O) groups excluding carboxylic acids is 1. The van der Waals surface area contributed by atoms with Crippen LogP contribution < -0.4 is 18.0 Å². The van der Waals surface area contributed by atoms with E-state index in [2.05, 4.69) is 11.3 Å². The molecule has 8 heteroatoms. The molecule has 4 aliphatic carbocycles. The Morgan fingerprint density at radius 2 is 1.32 bits per heavy atom. The minimum Gasteiger partial charge on any atom is -0.469 e. The van der Waals surface area contributed by atoms with Crippen molar-refractivity contribution in [2.24, 2.45) is 5.73 Å². The number of nitrogens with zero attached hydrogens (tertiary/aromatic N) is 1. The Labute approximate surface area is 190 Å². The highest BCUT2D eigenvalue weighted by molar-refractivity contribution is 6.15. The van der Waals surface area contributed by atoms with Gasteiger partial charge in [0.05, 0.1) is 13.5 Å². The zero-order valence-corrected chi connectivity index (χ0v) is 19.5. The van der Waals surface area contributed by atoms with Gasteiger partial charge in [0.15, 0.2) is 0 Å². The molecule has 4 saturated carbocycles. The summed E-state index contributed by atoms with van der Waals surface area (Å²) in [5, 5.41) is 13.8. The quantitative estimate of drug-likeness (QED) is 0.365. The van der Waals surface area contributed by atoms with Gasteiger partial charge in [0.25, 0.3) is 0 Å². The number of allylic oxidation sites excluding steroid dienone is 2. The molecule has 0 amide bonds. The van der Waals surface area contributed by atoms with E-state index in [0.29, 0.717) is 13.0 Å². The number of ether oxygens (including phenoxy) is 1. The minimum absolute atomic E-state index is 0. The maximum Gasteiger partial charge on any atom is 0.306 e. The van der Waals surface area contributed by atoms with Crippen LogP contribution in [0, 0.1) is 10.8 Å². The van der Waals surface area contributed by atoms with Crippen LogP contribution in [0.3, 0.4) is 0 Å². The molecule has 0 aromatic heterocycles. The second-order valence-corrected chi connectivity index (χ2v) is 7.48. The molecule has 8 nitrogen and oxygen atoms in total. The molecule has 0 saturated heterocycles. The molecule has 0 aromatic rings. The smallest absolute Gasteiger partial charge is 0.306 e. The first-order valence-corrected chi connectivity index (χ1v) is 10.3. The van der Waals surface area contributed by atoms with E-state index in [-0.39, 0.29) is 25.7 Å². The van der Waals surface area contributed by atoms with Crippen LogP contribution in [-0.2, 0) is 9.53 Å². The molecule has 31 heavy (non-hydrogen) atoms. The van der Waals surface area contributed by atoms with Crippen LogP contribution >= 0.6 is 0 Å². The summed E-state index contributed by atoms with van der Waals surface area (Å²) >= 11 is 0. The summed E-state index contributed by atoms with van der Waals surface area (Å²) in [6.45, 7) is 3.89. The number of hydrogen-bond acceptors (Lipinski definition) is 8. The van der Waals surface area contributed by atoms with Crippen LogP contribution in [0.15, 0.2) is 23.9 Å². The molecule has 0 aromatic carbocycles. The van der Waals surface area contributed by atoms with Crippen molar-refractivity contribution >= 4 is 17.4 Å². The second kappa shape index (κ2) is 22.7. The highest BCUT2D eigenvalue weighted by Crippen LogP contribution is 2.22. The van der Waals surface area contributed by atoms with Crippen molar-refractivity contribution in [3.8, 4) is 0 Å². The van der Waals surface area contributed by atoms with E-state index in [1.54, 1.807) is 0 Å². The standard InChI is InChI=1S/C6H10N2.C5H10.C4H9NO2.C4H5N.C3H6.CH4.2H3N/c1-8(2)4-5-3-6(5)7;1-2-4-5-3-1;1-7-4(6)2-3-5;1-3-2-4(3)5;1-2-3-1;;;/h4,7H,3H2,1-2H3;1-5H2;2-3,5H2,1H3;5H,1-2H2;1-3H2;1H4;2*1H3/b5-4+,7-6?;;;;;;;. The van der Waals surface area contributed by atoms with Crippen molar-refractivity contribution in [2.45, 2.75) is 78.1 Å². The van der Waals surface area contributed by atoms with Crippen molar-refractivity contribution in [2.75, 3.05) is 27.7 Å². The summed E-state index contributed by atoms with van der Waals surface area (Å²) < 4.78 is 4.27. The number of esters is 1. The topological polar surface area (TPSA) is 173 Å². The molecule has 0 spiro atoms. The minimum atomic E-state index is -0.248. The van der Waals surface area contributed by atoms with Gasteiger partial charge in [0, 0.05) is 51.1 Å². The molecule has 0 aliphatic heterocycles. The first kappa shape index (κ1) is 36.3. The van der Waals surface area contributed by atoms with Gasteiger partial charge in [-0.1, -0.05) is 65.4 Å². The third kappa shape index (κ3) is 30.3. The summed E-state index contributed by atoms with van der Waals surface area (Å²) in [7, 11) is 5.29. The Hall–Kier alpha value is -2.03. The molecule has 0 atom stereocenters. The number of nitrogens with one attached hydrogen (secondary N) is 2. The van der Waals surface area contributed by atoms with Crippen LogP contribution in [0.25, 0.3) is 0 Å². The van der Waals surface area contributed by atoms with Gasteiger partial charge in [-0.15, -0.1) is 0 Å². The predicted molar refractivity (Wildman–Crippen MR) is 135 cm³/mol. The Bertz CT molecular complexity index is 516. The predicted octanol–water partition coefficient (Wildman–Crippen LogP) is 5.41. The molecule has 0 radical (unpaired) electrons. The molecule has 0 unspecified atom stereocenters. The van der Waals surface area contributed by atoms with Gasteiger partial charge in [-0.3, -0.25) is 4.79 Å². The van der Waals surface area contributed by atoms with Gasteiger partial charge in [0.2, 0.25) is 0 Å². The first-order chi connectivity index (χ1) is 13.3. The van der Waals surface area contributed by atoms with E-state index in [1.807, 2.05) is 25.2 Å². The molecule has 10 N–H and O–H groups in total. The van der Waals surface area contributed by atoms with Crippen LogP contribution in [0.4, 0.5) is 0 Å². The van der Waals surface area contributed by atoms with E-state index in [9.17, 15) is 4.79 Å². The third-order valence-corrected chi connectivity index (χ3v) is 3.92. The number of rotatable bonds is 3. The monoisotopic (exact) mass is 442 g/mol. The van der Waals surface area contributed by atoms with Gasteiger partial charge >= 0.3 is 5.97 Å². The average molecular weight is 443 g/mol. The van der Waals surface area contributed by atoms with E-state index < -0.39 is 0 Å². The van der Waals surface area contributed by atoms with Crippen LogP contribution in [-0.4, -0.2) is 50.0 Å². The normalized spacial score (nSPS) is 16.9. The highest BCUT2D eigenvalue weighted by atomic mass is 16.5. The number of methoxy groups -OCH3 is 1. The summed E-state index contributed by atoms with van der Waals surface area (Å²) in [6, 6.07) is 0. The van der Waals surface area contributed by atoms with Crippen LogP contribution in [0.2, 0.25) is 0 Å². The lowest BCUT2D eigenvalue weighted by Gasteiger charge is -2.00. The summed E-state index contributed by atoms with van der Waals surface area (Å²) in [4.78, 5) is 12.1. The van der Waals surface area contributed by atoms with Crippen molar-refractivity contribution in [1.29, 1.82) is 10.8 Å². The fourth-order valence-electron chi connectivity index (χ4n) is 1.85. The van der Waals surface area contributed by atoms with E-state index in [1.165, 1.54) is 64.0 Å².